The first-order valence-corrected chi connectivity index (χ1v) is 8.28. The monoisotopic (exact) mass is 469 g/mol. The van der Waals surface area contributed by atoms with Crippen molar-refractivity contribution < 1.29 is 9.47 Å². The summed E-state index contributed by atoms with van der Waals surface area (Å²) in [5.41, 5.74) is 1.20. The fourth-order valence-corrected chi connectivity index (χ4v) is 2.22. The first-order chi connectivity index (χ1) is 11.2. The SMILES string of the molecule is CN=C(NCCCCOCCOC)N(C)Cc1ccc(Cl)cc1.I. The van der Waals surface area contributed by atoms with E-state index >= 15 is 0 Å². The molecule has 24 heavy (non-hydrogen) atoms. The van der Waals surface area contributed by atoms with Gasteiger partial charge in [0.05, 0.1) is 13.2 Å². The fourth-order valence-electron chi connectivity index (χ4n) is 2.10. The average molecular weight is 470 g/mol. The van der Waals surface area contributed by atoms with E-state index in [1.165, 1.54) is 5.56 Å². The van der Waals surface area contributed by atoms with E-state index in [0.29, 0.717) is 13.2 Å². The van der Waals surface area contributed by atoms with E-state index in [1.807, 2.05) is 31.3 Å². The van der Waals surface area contributed by atoms with E-state index in [4.69, 9.17) is 21.1 Å². The van der Waals surface area contributed by atoms with Crippen LogP contribution in [0, 0.1) is 0 Å². The minimum absolute atomic E-state index is 0. The molecule has 0 bridgehead atoms. The molecule has 0 aliphatic heterocycles. The molecule has 0 saturated heterocycles. The van der Waals surface area contributed by atoms with Gasteiger partial charge in [-0.3, -0.25) is 4.99 Å². The van der Waals surface area contributed by atoms with Gasteiger partial charge in [0, 0.05) is 45.9 Å². The molecule has 0 aliphatic carbocycles. The number of hydrogen-bond acceptors (Lipinski definition) is 3. The maximum atomic E-state index is 5.91. The lowest BCUT2D eigenvalue weighted by Gasteiger charge is -2.22. The zero-order chi connectivity index (χ0) is 16.9. The molecular formula is C17H29ClIN3O2. The predicted molar refractivity (Wildman–Crippen MR) is 112 cm³/mol. The Hall–Kier alpha value is -0.570. The third-order valence-corrected chi connectivity index (χ3v) is 3.59. The third kappa shape index (κ3) is 10.3. The van der Waals surface area contributed by atoms with Gasteiger partial charge in [0.1, 0.15) is 0 Å². The van der Waals surface area contributed by atoms with Crippen LogP contribution in [0.15, 0.2) is 29.3 Å². The highest BCUT2D eigenvalue weighted by molar-refractivity contribution is 14.0. The van der Waals surface area contributed by atoms with Crippen molar-refractivity contribution in [2.75, 3.05) is 47.6 Å². The van der Waals surface area contributed by atoms with Crippen LogP contribution in [-0.4, -0.2) is 58.4 Å². The van der Waals surface area contributed by atoms with Crippen LogP contribution in [-0.2, 0) is 16.0 Å². The van der Waals surface area contributed by atoms with E-state index in [9.17, 15) is 0 Å². The summed E-state index contributed by atoms with van der Waals surface area (Å²) in [5, 5.41) is 4.13. The molecule has 1 aromatic rings. The van der Waals surface area contributed by atoms with Crippen molar-refractivity contribution in [3.8, 4) is 0 Å². The summed E-state index contributed by atoms with van der Waals surface area (Å²) < 4.78 is 10.4. The summed E-state index contributed by atoms with van der Waals surface area (Å²) in [7, 11) is 5.51. The molecule has 0 radical (unpaired) electrons. The van der Waals surface area contributed by atoms with Crippen molar-refractivity contribution in [2.45, 2.75) is 19.4 Å². The smallest absolute Gasteiger partial charge is 0.193 e. The molecule has 7 heteroatoms. The van der Waals surface area contributed by atoms with Gasteiger partial charge in [0.15, 0.2) is 5.96 Å². The molecule has 0 aliphatic rings. The second kappa shape index (κ2) is 14.7. The van der Waals surface area contributed by atoms with Gasteiger partial charge in [0.2, 0.25) is 0 Å². The van der Waals surface area contributed by atoms with Crippen molar-refractivity contribution in [1.82, 2.24) is 10.2 Å². The summed E-state index contributed by atoms with van der Waals surface area (Å²) in [6.45, 7) is 3.75. The predicted octanol–water partition coefficient (Wildman–Crippen LogP) is 3.41. The van der Waals surface area contributed by atoms with E-state index in [2.05, 4.69) is 15.2 Å². The molecule has 138 valence electrons. The van der Waals surface area contributed by atoms with Crippen molar-refractivity contribution in [3.05, 3.63) is 34.9 Å². The summed E-state index contributed by atoms with van der Waals surface area (Å²) in [6, 6.07) is 7.88. The summed E-state index contributed by atoms with van der Waals surface area (Å²) in [6.07, 6.45) is 2.06. The molecule has 0 aromatic heterocycles. The number of hydrogen-bond donors (Lipinski definition) is 1. The number of nitrogens with one attached hydrogen (secondary N) is 1. The molecular weight excluding hydrogens is 441 g/mol. The minimum atomic E-state index is 0. The maximum Gasteiger partial charge on any atom is 0.193 e. The standard InChI is InChI=1S/C17H28ClN3O2.HI/c1-19-17(20-10-4-5-11-23-13-12-22-3)21(2)14-15-6-8-16(18)9-7-15;/h6-9H,4-5,10-14H2,1-3H3,(H,19,20);1H. The van der Waals surface area contributed by atoms with E-state index in [0.717, 1.165) is 43.5 Å². The Balaban J connectivity index is 0.00000529. The molecule has 0 unspecified atom stereocenters. The van der Waals surface area contributed by atoms with E-state index in [1.54, 1.807) is 14.2 Å². The van der Waals surface area contributed by atoms with Gasteiger partial charge in [-0.2, -0.15) is 0 Å². The molecule has 0 saturated carbocycles. The highest BCUT2D eigenvalue weighted by Crippen LogP contribution is 2.10. The highest BCUT2D eigenvalue weighted by atomic mass is 127. The average Bonchev–Trinajstić information content (AvgIpc) is 2.55. The Labute approximate surface area is 167 Å². The Kier molecular flexibility index (Phi) is 14.4. The fraction of sp³-hybridized carbons (Fsp3) is 0.588. The summed E-state index contributed by atoms with van der Waals surface area (Å²) in [4.78, 5) is 6.41. The number of nitrogens with zero attached hydrogens (tertiary/aromatic N) is 2. The van der Waals surface area contributed by atoms with Crippen LogP contribution in [0.3, 0.4) is 0 Å². The lowest BCUT2D eigenvalue weighted by Crippen LogP contribution is -2.38. The number of aliphatic imine (C=N–C) groups is 1. The number of benzene rings is 1. The number of guanidine groups is 1. The molecule has 0 atom stereocenters. The number of ether oxygens (including phenoxy) is 2. The summed E-state index contributed by atoms with van der Waals surface area (Å²) in [5.74, 6) is 0.889. The van der Waals surface area contributed by atoms with Gasteiger partial charge < -0.3 is 19.7 Å². The van der Waals surface area contributed by atoms with Crippen molar-refractivity contribution >= 4 is 41.5 Å². The van der Waals surface area contributed by atoms with Gasteiger partial charge in [0.25, 0.3) is 0 Å². The van der Waals surface area contributed by atoms with Crippen LogP contribution in [0.4, 0.5) is 0 Å². The van der Waals surface area contributed by atoms with Crippen LogP contribution in [0.2, 0.25) is 5.02 Å². The molecule has 1 N–H and O–H groups in total. The van der Waals surface area contributed by atoms with Crippen LogP contribution >= 0.6 is 35.6 Å². The van der Waals surface area contributed by atoms with Crippen LogP contribution in [0.5, 0.6) is 0 Å². The largest absolute Gasteiger partial charge is 0.382 e. The van der Waals surface area contributed by atoms with Gasteiger partial charge in [-0.15, -0.1) is 24.0 Å². The Morgan fingerprint density at radius 2 is 1.88 bits per heavy atom. The quantitative estimate of drug-likeness (QED) is 0.247. The maximum absolute atomic E-state index is 5.91. The third-order valence-electron chi connectivity index (χ3n) is 3.34. The minimum Gasteiger partial charge on any atom is -0.382 e. The second-order valence-corrected chi connectivity index (χ2v) is 5.71. The van der Waals surface area contributed by atoms with Crippen LogP contribution in [0.1, 0.15) is 18.4 Å². The number of halogens is 2. The number of methoxy groups -OCH3 is 1. The Bertz CT molecular complexity index is 458. The van der Waals surface area contributed by atoms with Crippen LogP contribution < -0.4 is 5.32 Å². The second-order valence-electron chi connectivity index (χ2n) is 5.27. The Morgan fingerprint density at radius 3 is 2.50 bits per heavy atom. The van der Waals surface area contributed by atoms with Gasteiger partial charge in [-0.1, -0.05) is 23.7 Å². The van der Waals surface area contributed by atoms with Crippen molar-refractivity contribution in [3.63, 3.8) is 0 Å². The molecule has 5 nitrogen and oxygen atoms in total. The van der Waals surface area contributed by atoms with Gasteiger partial charge >= 0.3 is 0 Å². The summed E-state index contributed by atoms with van der Waals surface area (Å²) >= 11 is 5.91. The molecule has 0 fully saturated rings. The molecule has 1 rings (SSSR count). The zero-order valence-electron chi connectivity index (χ0n) is 14.8. The van der Waals surface area contributed by atoms with E-state index in [-0.39, 0.29) is 24.0 Å². The molecule has 0 amide bonds. The highest BCUT2D eigenvalue weighted by Gasteiger charge is 2.06. The van der Waals surface area contributed by atoms with Crippen molar-refractivity contribution in [2.24, 2.45) is 4.99 Å². The Morgan fingerprint density at radius 1 is 1.17 bits per heavy atom. The zero-order valence-corrected chi connectivity index (χ0v) is 17.8. The lowest BCUT2D eigenvalue weighted by atomic mass is 10.2. The molecule has 1 aromatic carbocycles. The van der Waals surface area contributed by atoms with Crippen molar-refractivity contribution in [1.29, 1.82) is 0 Å². The number of unbranched alkanes of at least 4 members (excludes halogenated alkanes) is 1. The lowest BCUT2D eigenvalue weighted by molar-refractivity contribution is 0.0689. The van der Waals surface area contributed by atoms with Gasteiger partial charge in [-0.25, -0.2) is 0 Å². The topological polar surface area (TPSA) is 46.1 Å². The molecule has 0 heterocycles. The first kappa shape index (κ1) is 23.4. The molecule has 0 spiro atoms. The number of rotatable bonds is 10. The van der Waals surface area contributed by atoms with Crippen LogP contribution in [0.25, 0.3) is 0 Å². The van der Waals surface area contributed by atoms with E-state index < -0.39 is 0 Å². The normalized spacial score (nSPS) is 11.1. The first-order valence-electron chi connectivity index (χ1n) is 7.90. The van der Waals surface area contributed by atoms with Gasteiger partial charge in [-0.05, 0) is 30.5 Å².